The van der Waals surface area contributed by atoms with Gasteiger partial charge in [0.25, 0.3) is 0 Å². The molecule has 0 radical (unpaired) electrons. The van der Waals surface area contributed by atoms with E-state index in [9.17, 15) is 4.79 Å². The van der Waals surface area contributed by atoms with Gasteiger partial charge in [-0.15, -0.1) is 0 Å². The third kappa shape index (κ3) is 2.24. The maximum Gasteiger partial charge on any atom is 0.244 e. The number of nitrogens with two attached hydrogens (primary N) is 1. The first kappa shape index (κ1) is 12.2. The zero-order valence-corrected chi connectivity index (χ0v) is 10.9. The zero-order chi connectivity index (χ0) is 13.3. The fourth-order valence-corrected chi connectivity index (χ4v) is 2.85. The molecule has 0 saturated heterocycles. The van der Waals surface area contributed by atoms with Gasteiger partial charge in [0.15, 0.2) is 0 Å². The summed E-state index contributed by atoms with van der Waals surface area (Å²) in [4.78, 5) is 15.5. The van der Waals surface area contributed by atoms with Crippen molar-refractivity contribution >= 4 is 22.5 Å². The fraction of sp³-hybridized carbons (Fsp3) is 0.400. The van der Waals surface area contributed by atoms with Crippen LogP contribution in [0.15, 0.2) is 30.5 Å². The molecular formula is C15H19N3O. The smallest absolute Gasteiger partial charge is 0.244 e. The van der Waals surface area contributed by atoms with Crippen molar-refractivity contribution in [1.29, 1.82) is 0 Å². The van der Waals surface area contributed by atoms with Crippen molar-refractivity contribution < 1.29 is 4.79 Å². The second-order valence-corrected chi connectivity index (χ2v) is 5.42. The first-order valence-corrected chi connectivity index (χ1v) is 6.85. The summed E-state index contributed by atoms with van der Waals surface area (Å²) in [6.07, 6.45) is 6.69. The Labute approximate surface area is 112 Å². The normalized spacial score (nSPS) is 18.4. The quantitative estimate of drug-likeness (QED) is 0.774. The van der Waals surface area contributed by atoms with Gasteiger partial charge in [0.2, 0.25) is 5.91 Å². The average molecular weight is 257 g/mol. The van der Waals surface area contributed by atoms with Crippen LogP contribution in [0, 0.1) is 0 Å². The predicted molar refractivity (Wildman–Crippen MR) is 76.9 cm³/mol. The number of rotatable bonds is 2. The standard InChI is InChI=1S/C15H19N3O/c16-15(8-2-1-3-9-15)14(19)18-13-6-4-5-12-11(13)7-10-17-12/h4-7,10,17H,1-3,8-9,16H2,(H,18,19). The van der Waals surface area contributed by atoms with Crippen molar-refractivity contribution in [2.75, 3.05) is 5.32 Å². The van der Waals surface area contributed by atoms with Crippen LogP contribution in [-0.4, -0.2) is 16.4 Å². The molecule has 4 nitrogen and oxygen atoms in total. The lowest BCUT2D eigenvalue weighted by Gasteiger charge is -2.31. The van der Waals surface area contributed by atoms with Gasteiger partial charge in [0.1, 0.15) is 0 Å². The Balaban J connectivity index is 1.84. The van der Waals surface area contributed by atoms with Crippen LogP contribution in [0.25, 0.3) is 10.9 Å². The van der Waals surface area contributed by atoms with E-state index < -0.39 is 5.54 Å². The van der Waals surface area contributed by atoms with Crippen molar-refractivity contribution in [3.05, 3.63) is 30.5 Å². The van der Waals surface area contributed by atoms with Gasteiger partial charge in [-0.3, -0.25) is 4.79 Å². The summed E-state index contributed by atoms with van der Waals surface area (Å²) >= 11 is 0. The van der Waals surface area contributed by atoms with Crippen LogP contribution in [-0.2, 0) is 4.79 Å². The number of nitrogens with one attached hydrogen (secondary N) is 2. The summed E-state index contributed by atoms with van der Waals surface area (Å²) in [5, 5.41) is 4.02. The largest absolute Gasteiger partial charge is 0.361 e. The van der Waals surface area contributed by atoms with Gasteiger partial charge < -0.3 is 16.0 Å². The zero-order valence-electron chi connectivity index (χ0n) is 10.9. The minimum atomic E-state index is -0.698. The Hall–Kier alpha value is -1.81. The second-order valence-electron chi connectivity index (χ2n) is 5.42. The van der Waals surface area contributed by atoms with Crippen molar-refractivity contribution in [2.45, 2.75) is 37.6 Å². The van der Waals surface area contributed by atoms with Crippen LogP contribution >= 0.6 is 0 Å². The lowest BCUT2D eigenvalue weighted by molar-refractivity contribution is -0.122. The SMILES string of the molecule is NC1(C(=O)Nc2cccc3[nH]ccc23)CCCCC1. The maximum absolute atomic E-state index is 12.4. The van der Waals surface area contributed by atoms with Crippen LogP contribution < -0.4 is 11.1 Å². The highest BCUT2D eigenvalue weighted by Crippen LogP contribution is 2.29. The van der Waals surface area contributed by atoms with E-state index in [1.807, 2.05) is 30.5 Å². The molecule has 1 aromatic heterocycles. The van der Waals surface area contributed by atoms with Crippen molar-refractivity contribution in [2.24, 2.45) is 5.73 Å². The summed E-state index contributed by atoms with van der Waals surface area (Å²) in [5.41, 5.74) is 7.41. The minimum Gasteiger partial charge on any atom is -0.361 e. The molecule has 0 aliphatic heterocycles. The van der Waals surface area contributed by atoms with E-state index in [1.54, 1.807) is 0 Å². The van der Waals surface area contributed by atoms with Gasteiger partial charge in [0, 0.05) is 17.1 Å². The third-order valence-electron chi connectivity index (χ3n) is 4.04. The van der Waals surface area contributed by atoms with Crippen LogP contribution in [0.4, 0.5) is 5.69 Å². The van der Waals surface area contributed by atoms with Crippen LogP contribution in [0.5, 0.6) is 0 Å². The van der Waals surface area contributed by atoms with E-state index in [-0.39, 0.29) is 5.91 Å². The van der Waals surface area contributed by atoms with E-state index in [2.05, 4.69) is 10.3 Å². The number of carbonyl (C=O) groups is 1. The Bertz CT molecular complexity index is 596. The summed E-state index contributed by atoms with van der Waals surface area (Å²) in [5.74, 6) is -0.0547. The van der Waals surface area contributed by atoms with Gasteiger partial charge >= 0.3 is 0 Å². The molecule has 19 heavy (non-hydrogen) atoms. The van der Waals surface area contributed by atoms with E-state index >= 15 is 0 Å². The molecule has 1 amide bonds. The molecule has 1 fully saturated rings. The number of carbonyl (C=O) groups excluding carboxylic acids is 1. The highest BCUT2D eigenvalue weighted by atomic mass is 16.2. The van der Waals surface area contributed by atoms with Crippen molar-refractivity contribution in [1.82, 2.24) is 4.98 Å². The van der Waals surface area contributed by atoms with Gasteiger partial charge in [-0.25, -0.2) is 0 Å². The van der Waals surface area contributed by atoms with Gasteiger partial charge in [-0.1, -0.05) is 25.3 Å². The monoisotopic (exact) mass is 257 g/mol. The molecule has 0 atom stereocenters. The van der Waals surface area contributed by atoms with Crippen LogP contribution in [0.2, 0.25) is 0 Å². The lowest BCUT2D eigenvalue weighted by atomic mass is 9.82. The van der Waals surface area contributed by atoms with Gasteiger partial charge in [-0.05, 0) is 31.0 Å². The van der Waals surface area contributed by atoms with Crippen LogP contribution in [0.1, 0.15) is 32.1 Å². The number of fused-ring (bicyclic) bond motifs is 1. The molecule has 0 bridgehead atoms. The van der Waals surface area contributed by atoms with E-state index in [0.717, 1.165) is 42.3 Å². The number of aromatic amines is 1. The summed E-state index contributed by atoms with van der Waals surface area (Å²) in [7, 11) is 0. The topological polar surface area (TPSA) is 70.9 Å². The molecule has 1 aromatic carbocycles. The molecule has 1 saturated carbocycles. The Morgan fingerprint density at radius 2 is 2.00 bits per heavy atom. The molecule has 4 N–H and O–H groups in total. The number of benzene rings is 1. The van der Waals surface area contributed by atoms with Gasteiger partial charge in [-0.2, -0.15) is 0 Å². The highest BCUT2D eigenvalue weighted by molar-refractivity contribution is 6.04. The molecular weight excluding hydrogens is 238 g/mol. The van der Waals surface area contributed by atoms with Crippen molar-refractivity contribution in [3.63, 3.8) is 0 Å². The summed E-state index contributed by atoms with van der Waals surface area (Å²) in [6.45, 7) is 0. The maximum atomic E-state index is 12.4. The highest BCUT2D eigenvalue weighted by Gasteiger charge is 2.35. The average Bonchev–Trinajstić information content (AvgIpc) is 2.89. The first-order chi connectivity index (χ1) is 9.19. The lowest BCUT2D eigenvalue weighted by Crippen LogP contribution is -2.52. The van der Waals surface area contributed by atoms with E-state index in [4.69, 9.17) is 5.73 Å². The molecule has 100 valence electrons. The molecule has 4 heteroatoms. The Morgan fingerprint density at radius 3 is 2.79 bits per heavy atom. The number of aromatic nitrogens is 1. The molecule has 0 unspecified atom stereocenters. The fourth-order valence-electron chi connectivity index (χ4n) is 2.85. The Morgan fingerprint density at radius 1 is 1.21 bits per heavy atom. The summed E-state index contributed by atoms with van der Waals surface area (Å²) in [6, 6.07) is 7.80. The minimum absolute atomic E-state index is 0.0547. The number of hydrogen-bond donors (Lipinski definition) is 3. The summed E-state index contributed by atoms with van der Waals surface area (Å²) < 4.78 is 0. The number of amides is 1. The number of hydrogen-bond acceptors (Lipinski definition) is 2. The van der Waals surface area contributed by atoms with E-state index in [0.29, 0.717) is 0 Å². The molecule has 0 spiro atoms. The molecule has 3 rings (SSSR count). The Kier molecular flexibility index (Phi) is 3.03. The van der Waals surface area contributed by atoms with E-state index in [1.165, 1.54) is 6.42 Å². The van der Waals surface area contributed by atoms with Crippen molar-refractivity contribution in [3.8, 4) is 0 Å². The van der Waals surface area contributed by atoms with Gasteiger partial charge in [0.05, 0.1) is 11.2 Å². The molecule has 2 aromatic rings. The first-order valence-electron chi connectivity index (χ1n) is 6.85. The third-order valence-corrected chi connectivity index (χ3v) is 4.04. The van der Waals surface area contributed by atoms with Crippen LogP contribution in [0.3, 0.4) is 0 Å². The number of anilines is 1. The molecule has 1 heterocycles. The predicted octanol–water partition coefficient (Wildman–Crippen LogP) is 2.77. The number of H-pyrrole nitrogens is 1. The second kappa shape index (κ2) is 4.70. The molecule has 1 aliphatic carbocycles. The molecule has 1 aliphatic rings.